The maximum atomic E-state index is 9.01. The summed E-state index contributed by atoms with van der Waals surface area (Å²) in [4.78, 5) is 3.33. The van der Waals surface area contributed by atoms with E-state index in [1.807, 2.05) is 79.7 Å². The second-order valence-corrected chi connectivity index (χ2v) is 16.2. The second kappa shape index (κ2) is 12.4. The number of para-hydroxylation sites is 2. The number of hydrogen-bond acceptors (Lipinski definition) is 4. The molecular weight excluding hydrogens is 731 g/mol. The number of thiophene rings is 2. The Balaban J connectivity index is 1.12. The Morgan fingerprint density at radius 1 is 0.474 bits per heavy atom. The Hall–Kier alpha value is -6.66. The number of anilines is 6. The topological polar surface area (TPSA) is 10.9 Å². The third-order valence-electron chi connectivity index (χ3n) is 10.8. The molecule has 0 saturated carbocycles. The molecule has 3 nitrogen and oxygen atoms in total. The third kappa shape index (κ3) is 4.89. The molecule has 0 N–H and O–H groups in total. The van der Waals surface area contributed by atoms with Gasteiger partial charge in [0.05, 0.1) is 39.7 Å². The van der Waals surface area contributed by atoms with Crippen LogP contribution in [0.1, 0.15) is 28.9 Å². The lowest BCUT2D eigenvalue weighted by Gasteiger charge is -2.25. The summed E-state index contributed by atoms with van der Waals surface area (Å²) in [5, 5.41) is 6.22. The monoisotopic (exact) mass is 778 g/mol. The Bertz CT molecular complexity index is 4140. The average Bonchev–Trinajstić information content (AvgIpc) is 4.09. The van der Waals surface area contributed by atoms with Crippen LogP contribution in [0.2, 0.25) is 0 Å². The van der Waals surface area contributed by atoms with E-state index in [1.165, 1.54) is 12.1 Å². The van der Waals surface area contributed by atoms with Gasteiger partial charge in [0.2, 0.25) is 0 Å². The van der Waals surface area contributed by atoms with Gasteiger partial charge in [0, 0.05) is 69.2 Å². The largest absolute Gasteiger partial charge is 0.310 e. The number of rotatable bonds is 6. The lowest BCUT2D eigenvalue weighted by molar-refractivity contribution is 1.28. The van der Waals surface area contributed by atoms with Gasteiger partial charge in [-0.3, -0.25) is 0 Å². The minimum atomic E-state index is -2.38. The van der Waals surface area contributed by atoms with Gasteiger partial charge >= 0.3 is 0 Å². The highest BCUT2D eigenvalue weighted by atomic mass is 32.1. The molecule has 4 aromatic heterocycles. The number of nitrogens with zero attached hydrogens (tertiary/aromatic N) is 3. The zero-order valence-electron chi connectivity index (χ0n) is 43.1. The Kier molecular flexibility index (Phi) is 4.83. The normalized spacial score (nSPS) is 15.5. The summed E-state index contributed by atoms with van der Waals surface area (Å²) in [7, 11) is 0. The van der Waals surface area contributed by atoms with Crippen molar-refractivity contribution in [2.24, 2.45) is 0 Å². The van der Waals surface area contributed by atoms with Gasteiger partial charge in [-0.05, 0) is 115 Å². The summed E-state index contributed by atoms with van der Waals surface area (Å²) in [6.45, 7) is -0.410. The zero-order valence-corrected chi connectivity index (χ0v) is 31.8. The number of aromatic nitrogens is 1. The highest BCUT2D eigenvalue weighted by Gasteiger charge is 2.26. The van der Waals surface area contributed by atoms with E-state index in [0.717, 1.165) is 73.2 Å². The first-order chi connectivity index (χ1) is 33.4. The van der Waals surface area contributed by atoms with Crippen LogP contribution in [0.15, 0.2) is 176 Å². The molecule has 0 amide bonds. The molecule has 8 aromatic carbocycles. The number of fused-ring (bicyclic) bond motifs is 12. The molecule has 0 aliphatic carbocycles. The molecule has 4 heterocycles. The molecule has 0 aliphatic rings. The van der Waals surface area contributed by atoms with E-state index in [0.29, 0.717) is 22.7 Å². The van der Waals surface area contributed by atoms with Crippen molar-refractivity contribution in [3.63, 3.8) is 0 Å². The summed E-state index contributed by atoms with van der Waals surface area (Å²) < 4.78 is 117. The van der Waals surface area contributed by atoms with Crippen molar-refractivity contribution in [1.82, 2.24) is 4.40 Å². The van der Waals surface area contributed by atoms with Crippen molar-refractivity contribution < 1.29 is 17.8 Å². The maximum Gasteiger partial charge on any atom is 0.0729 e. The third-order valence-corrected chi connectivity index (χ3v) is 13.1. The molecule has 0 bridgehead atoms. The van der Waals surface area contributed by atoms with E-state index < -0.39 is 55.2 Å². The quantitative estimate of drug-likeness (QED) is 0.166. The van der Waals surface area contributed by atoms with E-state index in [1.54, 1.807) is 44.6 Å². The van der Waals surface area contributed by atoms with E-state index >= 15 is 0 Å². The van der Waals surface area contributed by atoms with Crippen molar-refractivity contribution >= 4 is 124 Å². The Labute approximate surface area is 356 Å². The van der Waals surface area contributed by atoms with E-state index in [-0.39, 0.29) is 29.0 Å². The van der Waals surface area contributed by atoms with Crippen molar-refractivity contribution in [2.45, 2.75) is 13.8 Å². The molecule has 5 heteroatoms. The van der Waals surface area contributed by atoms with Gasteiger partial charge in [-0.2, -0.15) is 0 Å². The number of aryl methyl sites for hydroxylation is 2. The minimum Gasteiger partial charge on any atom is -0.310 e. The van der Waals surface area contributed by atoms with Crippen LogP contribution in [-0.2, 0) is 0 Å². The summed E-state index contributed by atoms with van der Waals surface area (Å²) in [5.41, 5.74) is 6.35. The van der Waals surface area contributed by atoms with Gasteiger partial charge in [0.25, 0.3) is 0 Å². The predicted octanol–water partition coefficient (Wildman–Crippen LogP) is 16.0. The molecule has 12 rings (SSSR count). The number of hydrogen-bond donors (Lipinski definition) is 0. The number of benzene rings is 8. The summed E-state index contributed by atoms with van der Waals surface area (Å²) >= 11 is 3.24. The lowest BCUT2D eigenvalue weighted by atomic mass is 10.0. The summed E-state index contributed by atoms with van der Waals surface area (Å²) in [6, 6.07) is 31.9. The van der Waals surface area contributed by atoms with Gasteiger partial charge < -0.3 is 14.2 Å². The van der Waals surface area contributed by atoms with Crippen LogP contribution in [0, 0.1) is 13.8 Å². The molecular formula is C52H35N3S2. The van der Waals surface area contributed by atoms with Crippen LogP contribution in [0.3, 0.4) is 0 Å². The van der Waals surface area contributed by atoms with Gasteiger partial charge in [-0.1, -0.05) is 95.9 Å². The predicted molar refractivity (Wildman–Crippen MR) is 248 cm³/mol. The second-order valence-electron chi connectivity index (χ2n) is 14.1. The summed E-state index contributed by atoms with van der Waals surface area (Å²) in [6.07, 6.45) is 0. The molecule has 12 aromatic rings. The average molecular weight is 779 g/mol. The first-order valence-corrected chi connectivity index (χ1v) is 20.0. The van der Waals surface area contributed by atoms with Crippen LogP contribution in [0.25, 0.3) is 67.7 Å². The fraction of sp³-hybridized carbons (Fsp3) is 0.0385. The Morgan fingerprint density at radius 2 is 1.00 bits per heavy atom. The molecule has 57 heavy (non-hydrogen) atoms. The molecule has 270 valence electrons. The first-order valence-electron chi connectivity index (χ1n) is 24.9. The standard InChI is InChI=1S/C52H35N3S2/c1-32-17-21-37(22-18-32)53(35-12-5-3-6-13-35)39-25-27-42-45(30-39)56-51-44-29-34-11-9-10-16-41(34)47-48(44)55(49(42)51)50-43-28-26-40(31-46(43)57-52(47)50)54(36-14-7-4-8-15-36)38-23-19-33(2)20-24-38/h3-31H,1-2H3/i2D3,3D,4D,5D,6D,7D,8D,12D,13D,14D,15D. The van der Waals surface area contributed by atoms with Gasteiger partial charge in [0.15, 0.2) is 0 Å². The minimum absolute atomic E-state index is 0.0470. The van der Waals surface area contributed by atoms with Gasteiger partial charge in [0.1, 0.15) is 0 Å². The van der Waals surface area contributed by atoms with Crippen LogP contribution >= 0.6 is 22.7 Å². The molecule has 0 radical (unpaired) electrons. The van der Waals surface area contributed by atoms with Crippen LogP contribution in [-0.4, -0.2) is 4.40 Å². The van der Waals surface area contributed by atoms with Crippen LogP contribution in [0.4, 0.5) is 34.1 Å². The maximum absolute atomic E-state index is 9.01. The highest BCUT2D eigenvalue weighted by Crippen LogP contribution is 2.52. The van der Waals surface area contributed by atoms with Crippen LogP contribution in [0.5, 0.6) is 0 Å². The molecule has 0 spiro atoms. The van der Waals surface area contributed by atoms with E-state index in [2.05, 4.69) is 22.6 Å². The lowest BCUT2D eigenvalue weighted by Crippen LogP contribution is -2.09. The molecule has 0 unspecified atom stereocenters. The van der Waals surface area contributed by atoms with E-state index in [9.17, 15) is 0 Å². The fourth-order valence-electron chi connectivity index (χ4n) is 8.35. The van der Waals surface area contributed by atoms with Crippen molar-refractivity contribution in [1.29, 1.82) is 0 Å². The Morgan fingerprint density at radius 3 is 1.60 bits per heavy atom. The summed E-state index contributed by atoms with van der Waals surface area (Å²) in [5.74, 6) is 0. The molecule has 0 fully saturated rings. The molecule has 0 aliphatic heterocycles. The molecule has 0 atom stereocenters. The smallest absolute Gasteiger partial charge is 0.0729 e. The zero-order chi connectivity index (χ0) is 49.0. The van der Waals surface area contributed by atoms with Gasteiger partial charge in [-0.25, -0.2) is 0 Å². The van der Waals surface area contributed by atoms with Gasteiger partial charge in [-0.15, -0.1) is 22.7 Å². The van der Waals surface area contributed by atoms with Crippen molar-refractivity contribution in [3.05, 3.63) is 187 Å². The van der Waals surface area contributed by atoms with Crippen LogP contribution < -0.4 is 9.80 Å². The SMILES string of the molecule is [2H]c1c([2H])c([2H])c(N(c2ccc(C)cc2)c2ccc3c(c2)sc2c4cc5ccccc5c5c6sc7cc(N(c8ccc(C([2H])([2H])[2H])cc8)c8c([2H])c([2H])c([2H])c([2H])c8[2H])ccc7c6n(c32)c45)c([2H])c1[2H]. The van der Waals surface area contributed by atoms with E-state index in [4.69, 9.17) is 17.8 Å². The highest BCUT2D eigenvalue weighted by molar-refractivity contribution is 7.28. The van der Waals surface area contributed by atoms with Crippen molar-refractivity contribution in [2.75, 3.05) is 9.80 Å². The fourth-order valence-corrected chi connectivity index (χ4v) is 10.9. The van der Waals surface area contributed by atoms with Crippen molar-refractivity contribution in [3.8, 4) is 0 Å². The molecule has 0 saturated heterocycles. The first kappa shape index (κ1) is 22.2.